The number of hydrogen-bond acceptors (Lipinski definition) is 10. The van der Waals surface area contributed by atoms with Crippen molar-refractivity contribution in [2.24, 2.45) is 7.05 Å². The van der Waals surface area contributed by atoms with Crippen molar-refractivity contribution >= 4 is 29.7 Å². The number of aliphatic hydroxyl groups is 2. The van der Waals surface area contributed by atoms with Crippen molar-refractivity contribution in [2.45, 2.75) is 86.9 Å². The molecule has 2 aromatic rings. The van der Waals surface area contributed by atoms with Crippen LogP contribution < -0.4 is 0 Å². The zero-order valence-corrected chi connectivity index (χ0v) is 22.7. The van der Waals surface area contributed by atoms with Gasteiger partial charge in [-0.2, -0.15) is 0 Å². The van der Waals surface area contributed by atoms with E-state index in [1.165, 1.54) is 0 Å². The monoisotopic (exact) mass is 565 g/mol. The Balaban J connectivity index is 0.000000276. The minimum absolute atomic E-state index is 0.393. The number of aryl methyl sites for hydroxylation is 1. The van der Waals surface area contributed by atoms with Crippen molar-refractivity contribution in [3.05, 3.63) is 36.2 Å². The zero-order valence-electron chi connectivity index (χ0n) is 21.9. The third-order valence-corrected chi connectivity index (χ3v) is 8.00. The second kappa shape index (κ2) is 12.9. The SMILES string of the molecule is CCCSc1ncc(CN2C3CCC2CC(O)(c2nccn2C)C3)cn1.O=C(O)CC(O)(CC(=O)O)C(=O)O. The molecule has 2 unspecified atom stereocenters. The van der Waals surface area contributed by atoms with E-state index in [9.17, 15) is 19.5 Å². The largest absolute Gasteiger partial charge is 0.481 e. The number of nitrogens with zero attached hydrogens (tertiary/aromatic N) is 5. The minimum Gasteiger partial charge on any atom is -0.481 e. The molecule has 13 nitrogen and oxygen atoms in total. The highest BCUT2D eigenvalue weighted by Crippen LogP contribution is 2.45. The molecule has 2 aliphatic heterocycles. The van der Waals surface area contributed by atoms with Gasteiger partial charge in [0.2, 0.25) is 0 Å². The molecule has 2 fully saturated rings. The Labute approximate surface area is 229 Å². The van der Waals surface area contributed by atoms with Gasteiger partial charge in [0.15, 0.2) is 10.8 Å². The van der Waals surface area contributed by atoms with Gasteiger partial charge in [-0.3, -0.25) is 14.5 Å². The normalized spacial score (nSPS) is 22.7. The molecule has 2 aliphatic rings. The van der Waals surface area contributed by atoms with Crippen LogP contribution in [0.2, 0.25) is 0 Å². The number of carbonyl (C=O) groups is 3. The maximum absolute atomic E-state index is 11.3. The van der Waals surface area contributed by atoms with Gasteiger partial charge in [-0.15, -0.1) is 0 Å². The number of fused-ring (bicyclic) bond motifs is 2. The van der Waals surface area contributed by atoms with Crippen LogP contribution in [0.5, 0.6) is 0 Å². The molecule has 0 radical (unpaired) electrons. The van der Waals surface area contributed by atoms with Crippen LogP contribution in [0.15, 0.2) is 29.9 Å². The first-order valence-electron chi connectivity index (χ1n) is 12.7. The van der Waals surface area contributed by atoms with E-state index in [0.717, 1.165) is 60.9 Å². The predicted octanol–water partition coefficient (Wildman–Crippen LogP) is 1.48. The third-order valence-electron chi connectivity index (χ3n) is 6.92. The molecule has 39 heavy (non-hydrogen) atoms. The second-order valence-corrected chi connectivity index (χ2v) is 11.1. The molecule has 2 saturated heterocycles. The van der Waals surface area contributed by atoms with Gasteiger partial charge in [0.1, 0.15) is 11.4 Å². The van der Waals surface area contributed by atoms with Crippen LogP contribution in [0, 0.1) is 0 Å². The van der Waals surface area contributed by atoms with Crippen LogP contribution in [-0.2, 0) is 33.6 Å². The Morgan fingerprint density at radius 1 is 1.05 bits per heavy atom. The number of rotatable bonds is 11. The van der Waals surface area contributed by atoms with Crippen molar-refractivity contribution in [3.8, 4) is 0 Å². The van der Waals surface area contributed by atoms with Gasteiger partial charge < -0.3 is 30.1 Å². The van der Waals surface area contributed by atoms with Gasteiger partial charge in [0.05, 0.1) is 12.8 Å². The first kappa shape index (κ1) is 30.5. The van der Waals surface area contributed by atoms with E-state index in [2.05, 4.69) is 26.8 Å². The molecule has 214 valence electrons. The van der Waals surface area contributed by atoms with Crippen LogP contribution in [-0.4, -0.2) is 91.3 Å². The lowest BCUT2D eigenvalue weighted by molar-refractivity contribution is -0.170. The molecule has 0 aromatic carbocycles. The number of aromatic nitrogens is 4. The maximum Gasteiger partial charge on any atom is 0.336 e. The standard InChI is InChI=1S/C19H27N5OS.C6H8O7/c1-3-8-26-18-21-11-14(12-22-18)13-24-15-4-5-16(24)10-19(25,9-15)17-20-6-7-23(17)2;7-3(8)1-6(13,5(11)12)2-4(9)10/h6-7,11-12,15-16,25H,3-5,8-10,13H2,1-2H3;13H,1-2H2,(H,7,8)(H,9,10)(H,11,12). The Bertz CT molecular complexity index is 1130. The molecule has 2 aromatic heterocycles. The van der Waals surface area contributed by atoms with Gasteiger partial charge in [-0.05, 0) is 32.1 Å². The van der Waals surface area contributed by atoms with Crippen molar-refractivity contribution in [3.63, 3.8) is 0 Å². The van der Waals surface area contributed by atoms with E-state index in [1.807, 2.05) is 30.2 Å². The number of piperidine rings is 1. The fourth-order valence-electron chi connectivity index (χ4n) is 5.19. The summed E-state index contributed by atoms with van der Waals surface area (Å²) in [4.78, 5) is 46.4. The minimum atomic E-state index is -2.74. The Hall–Kier alpha value is -3.07. The van der Waals surface area contributed by atoms with Crippen LogP contribution in [0.4, 0.5) is 0 Å². The first-order valence-corrected chi connectivity index (χ1v) is 13.6. The summed E-state index contributed by atoms with van der Waals surface area (Å²) in [5.41, 5.74) is -2.39. The molecule has 4 heterocycles. The molecular formula is C25H35N5O8S. The summed E-state index contributed by atoms with van der Waals surface area (Å²) in [6.45, 7) is 3.03. The molecule has 0 aliphatic carbocycles. The van der Waals surface area contributed by atoms with E-state index in [1.54, 1.807) is 18.0 Å². The van der Waals surface area contributed by atoms with E-state index in [-0.39, 0.29) is 0 Å². The number of carboxylic acid groups (broad SMARTS) is 3. The topological polar surface area (TPSA) is 199 Å². The number of imidazole rings is 1. The van der Waals surface area contributed by atoms with Crippen molar-refractivity contribution in [1.82, 2.24) is 24.4 Å². The van der Waals surface area contributed by atoms with Gasteiger partial charge in [0.25, 0.3) is 0 Å². The van der Waals surface area contributed by atoms with Crippen molar-refractivity contribution in [2.75, 3.05) is 5.75 Å². The lowest BCUT2D eigenvalue weighted by Gasteiger charge is -2.43. The van der Waals surface area contributed by atoms with Crippen LogP contribution >= 0.6 is 11.8 Å². The number of carboxylic acids is 3. The number of aliphatic carboxylic acids is 3. The van der Waals surface area contributed by atoms with E-state index in [4.69, 9.17) is 20.4 Å². The summed E-state index contributed by atoms with van der Waals surface area (Å²) >= 11 is 1.71. The third kappa shape index (κ3) is 7.75. The maximum atomic E-state index is 11.3. The lowest BCUT2D eigenvalue weighted by atomic mass is 9.85. The van der Waals surface area contributed by atoms with Gasteiger partial charge >= 0.3 is 17.9 Å². The van der Waals surface area contributed by atoms with Gasteiger partial charge in [0, 0.05) is 61.8 Å². The molecule has 2 atom stereocenters. The van der Waals surface area contributed by atoms with Crippen molar-refractivity contribution < 1.29 is 39.9 Å². The van der Waals surface area contributed by atoms with Crippen LogP contribution in [0.1, 0.15) is 63.3 Å². The lowest BCUT2D eigenvalue weighted by Crippen LogP contribution is -2.50. The summed E-state index contributed by atoms with van der Waals surface area (Å²) in [6, 6.07) is 0.786. The fraction of sp³-hybridized carbons (Fsp3) is 0.600. The van der Waals surface area contributed by atoms with Crippen molar-refractivity contribution in [1.29, 1.82) is 0 Å². The number of thioether (sulfide) groups is 1. The highest BCUT2D eigenvalue weighted by molar-refractivity contribution is 7.99. The summed E-state index contributed by atoms with van der Waals surface area (Å²) in [5, 5.41) is 45.9. The highest BCUT2D eigenvalue weighted by Gasteiger charge is 2.49. The van der Waals surface area contributed by atoms with Gasteiger partial charge in [-0.25, -0.2) is 19.7 Å². The fourth-order valence-corrected chi connectivity index (χ4v) is 5.83. The van der Waals surface area contributed by atoms with E-state index in [0.29, 0.717) is 12.1 Å². The molecule has 0 spiro atoms. The first-order chi connectivity index (χ1) is 18.4. The molecule has 2 bridgehead atoms. The Morgan fingerprint density at radius 2 is 1.62 bits per heavy atom. The van der Waals surface area contributed by atoms with Crippen LogP contribution in [0.25, 0.3) is 0 Å². The summed E-state index contributed by atoms with van der Waals surface area (Å²) in [7, 11) is 1.96. The zero-order chi connectivity index (χ0) is 28.8. The average Bonchev–Trinajstić information content (AvgIpc) is 3.39. The molecule has 4 rings (SSSR count). The van der Waals surface area contributed by atoms with E-state index < -0.39 is 42.0 Å². The van der Waals surface area contributed by atoms with Crippen LogP contribution in [0.3, 0.4) is 0 Å². The highest BCUT2D eigenvalue weighted by atomic mass is 32.2. The molecule has 0 amide bonds. The molecular weight excluding hydrogens is 530 g/mol. The van der Waals surface area contributed by atoms with E-state index >= 15 is 0 Å². The Kier molecular flexibility index (Phi) is 10.0. The number of hydrogen-bond donors (Lipinski definition) is 5. The molecule has 0 saturated carbocycles. The summed E-state index contributed by atoms with van der Waals surface area (Å²) in [5.74, 6) is -3.16. The quantitative estimate of drug-likeness (QED) is 0.194. The average molecular weight is 566 g/mol. The Morgan fingerprint density at radius 3 is 2.05 bits per heavy atom. The summed E-state index contributed by atoms with van der Waals surface area (Å²) in [6.07, 6.45) is 10.2. The molecule has 5 N–H and O–H groups in total. The smallest absolute Gasteiger partial charge is 0.336 e. The van der Waals surface area contributed by atoms with Gasteiger partial charge in [-0.1, -0.05) is 18.7 Å². The second-order valence-electron chi connectivity index (χ2n) is 10.1. The molecule has 14 heteroatoms. The predicted molar refractivity (Wildman–Crippen MR) is 139 cm³/mol. The summed E-state index contributed by atoms with van der Waals surface area (Å²) < 4.78 is 1.95.